The molecule has 1 amide bonds. The summed E-state index contributed by atoms with van der Waals surface area (Å²) in [7, 11) is -0.524. The summed E-state index contributed by atoms with van der Waals surface area (Å²) >= 11 is 1.40. The first-order chi connectivity index (χ1) is 14.5. The van der Waals surface area contributed by atoms with Gasteiger partial charge in [0.05, 0.1) is 9.77 Å². The molecule has 0 fully saturated rings. The van der Waals surface area contributed by atoms with E-state index in [9.17, 15) is 13.2 Å². The minimum Gasteiger partial charge on any atom is -0.388 e. The molecule has 31 heavy (non-hydrogen) atoms. The molecule has 0 aliphatic rings. The summed E-state index contributed by atoms with van der Waals surface area (Å²) in [6, 6.07) is 12.5. The molecule has 7 nitrogen and oxygen atoms in total. The van der Waals surface area contributed by atoms with Gasteiger partial charge in [0, 0.05) is 48.2 Å². The zero-order valence-electron chi connectivity index (χ0n) is 18.1. The van der Waals surface area contributed by atoms with E-state index in [1.54, 1.807) is 39.1 Å². The van der Waals surface area contributed by atoms with Gasteiger partial charge in [0.25, 0.3) is 5.91 Å². The summed E-state index contributed by atoms with van der Waals surface area (Å²) in [5.74, 6) is -0.353. The second-order valence-corrected chi connectivity index (χ2v) is 10.7. The fourth-order valence-electron chi connectivity index (χ4n) is 3.00. The van der Waals surface area contributed by atoms with Gasteiger partial charge < -0.3 is 10.6 Å². The van der Waals surface area contributed by atoms with Crippen molar-refractivity contribution in [2.45, 2.75) is 31.2 Å². The molecule has 0 bridgehead atoms. The van der Waals surface area contributed by atoms with Gasteiger partial charge in [-0.05, 0) is 57.2 Å². The SMILES string of the molecule is CNC(=O)c1ccc(-c2cnc(-c3ccc(NC)cc3)s2)c(S(=O)(=O)NC(C)(C)C)c1. The van der Waals surface area contributed by atoms with Crippen molar-refractivity contribution in [3.63, 3.8) is 0 Å². The van der Waals surface area contributed by atoms with Gasteiger partial charge in [-0.1, -0.05) is 6.07 Å². The third-order valence-corrected chi connectivity index (χ3v) is 7.27. The van der Waals surface area contributed by atoms with E-state index < -0.39 is 15.6 Å². The second-order valence-electron chi connectivity index (χ2n) is 8.00. The quantitative estimate of drug-likeness (QED) is 0.519. The second kappa shape index (κ2) is 8.78. The Hall–Kier alpha value is -2.75. The Labute approximate surface area is 187 Å². The van der Waals surface area contributed by atoms with E-state index in [4.69, 9.17) is 0 Å². The number of thiazole rings is 1. The number of rotatable bonds is 6. The first kappa shape index (κ1) is 22.9. The topological polar surface area (TPSA) is 100 Å². The minimum absolute atomic E-state index is 0.0456. The normalized spacial score (nSPS) is 11.9. The molecular weight excluding hydrogens is 432 g/mol. The van der Waals surface area contributed by atoms with Gasteiger partial charge in [-0.15, -0.1) is 11.3 Å². The lowest BCUT2D eigenvalue weighted by molar-refractivity contribution is 0.0963. The molecule has 2 aromatic carbocycles. The molecule has 0 unspecified atom stereocenters. The fraction of sp³-hybridized carbons (Fsp3) is 0.273. The number of carbonyl (C=O) groups is 1. The molecule has 0 aliphatic carbocycles. The van der Waals surface area contributed by atoms with Gasteiger partial charge in [-0.2, -0.15) is 0 Å². The van der Waals surface area contributed by atoms with Crippen LogP contribution in [0.2, 0.25) is 0 Å². The summed E-state index contributed by atoms with van der Waals surface area (Å²) in [5.41, 5.74) is 2.03. The molecule has 0 spiro atoms. The number of benzene rings is 2. The molecule has 1 aromatic heterocycles. The van der Waals surface area contributed by atoms with Gasteiger partial charge in [0.15, 0.2) is 0 Å². The van der Waals surface area contributed by atoms with Crippen LogP contribution in [0.15, 0.2) is 53.6 Å². The summed E-state index contributed by atoms with van der Waals surface area (Å²) in [6.07, 6.45) is 1.66. The van der Waals surface area contributed by atoms with Crippen molar-refractivity contribution in [1.82, 2.24) is 15.0 Å². The Balaban J connectivity index is 2.10. The summed E-state index contributed by atoms with van der Waals surface area (Å²) < 4.78 is 29.0. The van der Waals surface area contributed by atoms with Gasteiger partial charge in [-0.3, -0.25) is 4.79 Å². The lowest BCUT2D eigenvalue weighted by Crippen LogP contribution is -2.40. The largest absolute Gasteiger partial charge is 0.388 e. The van der Waals surface area contributed by atoms with E-state index in [2.05, 4.69) is 20.3 Å². The lowest BCUT2D eigenvalue weighted by atomic mass is 10.1. The summed E-state index contributed by atoms with van der Waals surface area (Å²) in [4.78, 5) is 17.4. The maximum atomic E-state index is 13.2. The highest BCUT2D eigenvalue weighted by molar-refractivity contribution is 7.89. The van der Waals surface area contributed by atoms with Gasteiger partial charge in [-0.25, -0.2) is 18.1 Å². The molecule has 0 aliphatic heterocycles. The van der Waals surface area contributed by atoms with Crippen molar-refractivity contribution in [2.75, 3.05) is 19.4 Å². The van der Waals surface area contributed by atoms with Crippen molar-refractivity contribution in [3.8, 4) is 21.0 Å². The number of sulfonamides is 1. The number of nitrogens with one attached hydrogen (secondary N) is 3. The third-order valence-electron chi connectivity index (χ3n) is 4.39. The zero-order chi connectivity index (χ0) is 22.8. The first-order valence-electron chi connectivity index (χ1n) is 9.68. The smallest absolute Gasteiger partial charge is 0.251 e. The van der Waals surface area contributed by atoms with Crippen molar-refractivity contribution < 1.29 is 13.2 Å². The van der Waals surface area contributed by atoms with Crippen molar-refractivity contribution in [3.05, 3.63) is 54.2 Å². The molecule has 1 heterocycles. The number of amides is 1. The van der Waals surface area contributed by atoms with Crippen LogP contribution in [-0.2, 0) is 10.0 Å². The lowest BCUT2D eigenvalue weighted by Gasteiger charge is -2.21. The van der Waals surface area contributed by atoms with Crippen LogP contribution >= 0.6 is 11.3 Å². The summed E-state index contributed by atoms with van der Waals surface area (Å²) in [5, 5.41) is 6.39. The molecule has 3 rings (SSSR count). The Bertz CT molecular complexity index is 1190. The molecule has 0 atom stereocenters. The van der Waals surface area contributed by atoms with Gasteiger partial charge >= 0.3 is 0 Å². The van der Waals surface area contributed by atoms with Crippen LogP contribution < -0.4 is 15.4 Å². The molecule has 3 N–H and O–H groups in total. The van der Waals surface area contributed by atoms with E-state index in [-0.39, 0.29) is 16.4 Å². The maximum Gasteiger partial charge on any atom is 0.251 e. The molecule has 0 radical (unpaired) electrons. The number of hydrogen-bond donors (Lipinski definition) is 3. The molecule has 0 saturated carbocycles. The van der Waals surface area contributed by atoms with Crippen LogP contribution in [-0.4, -0.2) is 38.9 Å². The van der Waals surface area contributed by atoms with Crippen LogP contribution in [0.5, 0.6) is 0 Å². The monoisotopic (exact) mass is 458 g/mol. The van der Waals surface area contributed by atoms with Crippen LogP contribution in [0.4, 0.5) is 5.69 Å². The minimum atomic E-state index is -3.88. The maximum absolute atomic E-state index is 13.2. The Kier molecular flexibility index (Phi) is 6.49. The number of aromatic nitrogens is 1. The fourth-order valence-corrected chi connectivity index (χ4v) is 5.69. The zero-order valence-corrected chi connectivity index (χ0v) is 19.7. The standard InChI is InChI=1S/C22H26N4O3S2/c1-22(2,3)26-31(28,29)19-12-15(20(27)24-5)8-11-17(19)18-13-25-21(30-18)14-6-9-16(23-4)10-7-14/h6-13,23,26H,1-5H3,(H,24,27). The predicted octanol–water partition coefficient (Wildman–Crippen LogP) is 3.96. The average Bonchev–Trinajstić information content (AvgIpc) is 3.21. The molecular formula is C22H26N4O3S2. The van der Waals surface area contributed by atoms with Crippen molar-refractivity contribution in [1.29, 1.82) is 0 Å². The van der Waals surface area contributed by atoms with E-state index in [0.717, 1.165) is 16.3 Å². The Morgan fingerprint density at radius 3 is 2.29 bits per heavy atom. The highest BCUT2D eigenvalue weighted by atomic mass is 32.2. The Morgan fingerprint density at radius 2 is 1.71 bits per heavy atom. The molecule has 164 valence electrons. The first-order valence-corrected chi connectivity index (χ1v) is 12.0. The predicted molar refractivity (Wildman–Crippen MR) is 126 cm³/mol. The molecule has 0 saturated heterocycles. The number of hydrogen-bond acceptors (Lipinski definition) is 6. The Morgan fingerprint density at radius 1 is 1.03 bits per heavy atom. The van der Waals surface area contributed by atoms with E-state index in [1.807, 2.05) is 31.3 Å². The van der Waals surface area contributed by atoms with E-state index >= 15 is 0 Å². The van der Waals surface area contributed by atoms with Crippen LogP contribution in [0.1, 0.15) is 31.1 Å². The number of carbonyl (C=O) groups excluding carboxylic acids is 1. The molecule has 3 aromatic rings. The van der Waals surface area contributed by atoms with Crippen LogP contribution in [0.3, 0.4) is 0 Å². The number of anilines is 1. The highest BCUT2D eigenvalue weighted by Gasteiger charge is 2.27. The third kappa shape index (κ3) is 5.30. The van der Waals surface area contributed by atoms with Crippen LogP contribution in [0, 0.1) is 0 Å². The van der Waals surface area contributed by atoms with Crippen LogP contribution in [0.25, 0.3) is 21.0 Å². The van der Waals surface area contributed by atoms with Gasteiger partial charge in [0.2, 0.25) is 10.0 Å². The van der Waals surface area contributed by atoms with Gasteiger partial charge in [0.1, 0.15) is 5.01 Å². The van der Waals surface area contributed by atoms with Crippen molar-refractivity contribution in [2.24, 2.45) is 0 Å². The summed E-state index contributed by atoms with van der Waals surface area (Å²) in [6.45, 7) is 5.31. The molecule has 9 heteroatoms. The highest BCUT2D eigenvalue weighted by Crippen LogP contribution is 2.36. The van der Waals surface area contributed by atoms with E-state index in [1.165, 1.54) is 24.5 Å². The van der Waals surface area contributed by atoms with E-state index in [0.29, 0.717) is 10.4 Å². The van der Waals surface area contributed by atoms with Crippen molar-refractivity contribution >= 4 is 33.0 Å². The number of nitrogens with zero attached hydrogens (tertiary/aromatic N) is 1. The average molecular weight is 459 g/mol.